The number of ether oxygens (including phenoxy) is 2. The van der Waals surface area contributed by atoms with Gasteiger partial charge in [-0.15, -0.1) is 11.3 Å². The first-order valence-corrected chi connectivity index (χ1v) is 9.98. The van der Waals surface area contributed by atoms with Gasteiger partial charge in [0.2, 0.25) is 0 Å². The SMILES string of the molecule is CCOC(=O)c1c(-c2ccc(F)cc2)csc1NC(=O)COc1ccc([N+](=O)[O-])cc1. The highest BCUT2D eigenvalue weighted by Crippen LogP contribution is 2.36. The molecule has 1 aromatic heterocycles. The number of non-ortho nitro benzene ring substituents is 1. The summed E-state index contributed by atoms with van der Waals surface area (Å²) in [6.45, 7) is 1.44. The number of benzene rings is 2. The quantitative estimate of drug-likeness (QED) is 0.308. The monoisotopic (exact) mass is 444 g/mol. The van der Waals surface area contributed by atoms with E-state index in [4.69, 9.17) is 9.47 Å². The molecule has 0 unspecified atom stereocenters. The minimum absolute atomic E-state index is 0.0946. The molecule has 31 heavy (non-hydrogen) atoms. The third-order valence-corrected chi connectivity index (χ3v) is 4.99. The molecule has 0 radical (unpaired) electrons. The second-order valence-corrected chi connectivity index (χ2v) is 7.05. The number of nitrogens with zero attached hydrogens (tertiary/aromatic N) is 1. The second-order valence-electron chi connectivity index (χ2n) is 6.17. The fourth-order valence-corrected chi connectivity index (χ4v) is 3.65. The van der Waals surface area contributed by atoms with Gasteiger partial charge in [0.15, 0.2) is 6.61 Å². The number of nitrogens with one attached hydrogen (secondary N) is 1. The van der Waals surface area contributed by atoms with E-state index in [0.29, 0.717) is 11.1 Å². The number of hydrogen-bond acceptors (Lipinski definition) is 7. The lowest BCUT2D eigenvalue weighted by Crippen LogP contribution is -2.21. The first-order chi connectivity index (χ1) is 14.9. The number of rotatable bonds is 8. The van der Waals surface area contributed by atoms with Gasteiger partial charge in [-0.2, -0.15) is 0 Å². The van der Waals surface area contributed by atoms with Gasteiger partial charge in [-0.3, -0.25) is 14.9 Å². The topological polar surface area (TPSA) is 108 Å². The van der Waals surface area contributed by atoms with E-state index in [9.17, 15) is 24.1 Å². The van der Waals surface area contributed by atoms with Gasteiger partial charge in [0, 0.05) is 23.1 Å². The van der Waals surface area contributed by atoms with Gasteiger partial charge in [-0.05, 0) is 36.8 Å². The van der Waals surface area contributed by atoms with Crippen molar-refractivity contribution in [1.82, 2.24) is 0 Å². The van der Waals surface area contributed by atoms with Crippen LogP contribution >= 0.6 is 11.3 Å². The van der Waals surface area contributed by atoms with Crippen LogP contribution in [0.15, 0.2) is 53.9 Å². The van der Waals surface area contributed by atoms with E-state index in [1.165, 1.54) is 48.5 Å². The van der Waals surface area contributed by atoms with E-state index < -0.39 is 22.6 Å². The molecule has 0 spiro atoms. The molecule has 3 aromatic rings. The van der Waals surface area contributed by atoms with Crippen molar-refractivity contribution in [3.8, 4) is 16.9 Å². The van der Waals surface area contributed by atoms with Gasteiger partial charge in [-0.25, -0.2) is 9.18 Å². The fraction of sp³-hybridized carbons (Fsp3) is 0.143. The van der Waals surface area contributed by atoms with Crippen LogP contribution in [-0.4, -0.2) is 30.0 Å². The van der Waals surface area contributed by atoms with E-state index in [1.54, 1.807) is 12.3 Å². The molecule has 0 bridgehead atoms. The number of esters is 1. The third kappa shape index (κ3) is 5.43. The summed E-state index contributed by atoms with van der Waals surface area (Å²) in [6.07, 6.45) is 0. The molecular formula is C21H17FN2O6S. The number of thiophene rings is 1. The minimum Gasteiger partial charge on any atom is -0.484 e. The molecule has 8 nitrogen and oxygen atoms in total. The molecule has 160 valence electrons. The lowest BCUT2D eigenvalue weighted by molar-refractivity contribution is -0.384. The van der Waals surface area contributed by atoms with E-state index in [0.717, 1.165) is 11.3 Å². The number of hydrogen-bond donors (Lipinski definition) is 1. The van der Waals surface area contributed by atoms with E-state index >= 15 is 0 Å². The summed E-state index contributed by atoms with van der Waals surface area (Å²) in [4.78, 5) is 35.0. The van der Waals surface area contributed by atoms with Crippen molar-refractivity contribution in [1.29, 1.82) is 0 Å². The third-order valence-electron chi connectivity index (χ3n) is 4.10. The Kier molecular flexibility index (Phi) is 6.93. The Bertz CT molecular complexity index is 1100. The van der Waals surface area contributed by atoms with E-state index in [2.05, 4.69) is 5.32 Å². The number of nitro groups is 1. The van der Waals surface area contributed by atoms with Gasteiger partial charge in [0.05, 0.1) is 11.5 Å². The summed E-state index contributed by atoms with van der Waals surface area (Å²) in [5.41, 5.74) is 1.18. The predicted molar refractivity (Wildman–Crippen MR) is 113 cm³/mol. The van der Waals surface area contributed by atoms with Crippen molar-refractivity contribution in [2.75, 3.05) is 18.5 Å². The zero-order valence-corrected chi connectivity index (χ0v) is 17.1. The molecule has 0 atom stereocenters. The number of nitro benzene ring substituents is 1. The fourth-order valence-electron chi connectivity index (χ4n) is 2.67. The molecule has 1 heterocycles. The summed E-state index contributed by atoms with van der Waals surface area (Å²) in [6, 6.07) is 10.9. The molecule has 0 aliphatic heterocycles. The minimum atomic E-state index is -0.616. The van der Waals surface area contributed by atoms with Crippen LogP contribution in [0.1, 0.15) is 17.3 Å². The van der Waals surface area contributed by atoms with Gasteiger partial charge in [0.25, 0.3) is 11.6 Å². The van der Waals surface area contributed by atoms with E-state index in [1.807, 2.05) is 0 Å². The highest BCUT2D eigenvalue weighted by Gasteiger charge is 2.23. The molecule has 0 saturated heterocycles. The second kappa shape index (κ2) is 9.81. The van der Waals surface area contributed by atoms with Crippen molar-refractivity contribution in [2.45, 2.75) is 6.92 Å². The normalized spacial score (nSPS) is 10.4. The largest absolute Gasteiger partial charge is 0.484 e. The number of halogens is 1. The van der Waals surface area contributed by atoms with Crippen LogP contribution in [0.25, 0.3) is 11.1 Å². The highest BCUT2D eigenvalue weighted by atomic mass is 32.1. The van der Waals surface area contributed by atoms with Crippen molar-refractivity contribution in [3.63, 3.8) is 0 Å². The molecule has 1 N–H and O–H groups in total. The predicted octanol–water partition coefficient (Wildman–Crippen LogP) is 4.66. The van der Waals surface area contributed by atoms with E-state index in [-0.39, 0.29) is 35.2 Å². The smallest absolute Gasteiger partial charge is 0.341 e. The standard InChI is InChI=1S/C21H17FN2O6S/c1-2-29-21(26)19-17(13-3-5-14(22)6-4-13)12-31-20(19)23-18(25)11-30-16-9-7-15(8-10-16)24(27)28/h3-10,12H,2,11H2,1H3,(H,23,25). The van der Waals surface area contributed by atoms with Crippen molar-refractivity contribution < 1.29 is 28.4 Å². The van der Waals surface area contributed by atoms with Gasteiger partial charge in [0.1, 0.15) is 22.1 Å². The Balaban J connectivity index is 1.75. The average Bonchev–Trinajstić information content (AvgIpc) is 3.16. The zero-order chi connectivity index (χ0) is 22.4. The maximum atomic E-state index is 13.3. The molecule has 10 heteroatoms. The van der Waals surface area contributed by atoms with Gasteiger partial charge < -0.3 is 14.8 Å². The Morgan fingerprint density at radius 2 is 1.81 bits per heavy atom. The Hall–Kier alpha value is -3.79. The summed E-state index contributed by atoms with van der Waals surface area (Å²) in [5, 5.41) is 15.3. The summed E-state index contributed by atoms with van der Waals surface area (Å²) in [7, 11) is 0. The van der Waals surface area contributed by atoms with Crippen LogP contribution in [0.5, 0.6) is 5.75 Å². The van der Waals surface area contributed by atoms with Crippen molar-refractivity contribution in [2.24, 2.45) is 0 Å². The molecule has 1 amide bonds. The molecule has 2 aromatic carbocycles. The maximum absolute atomic E-state index is 13.3. The molecule has 0 fully saturated rings. The number of carbonyl (C=O) groups excluding carboxylic acids is 2. The molecule has 0 aliphatic rings. The lowest BCUT2D eigenvalue weighted by atomic mass is 10.0. The van der Waals surface area contributed by atoms with Crippen LogP contribution in [0, 0.1) is 15.9 Å². The van der Waals surface area contributed by atoms with Crippen molar-refractivity contribution in [3.05, 3.63) is 75.4 Å². The van der Waals surface area contributed by atoms with Crippen molar-refractivity contribution >= 4 is 33.9 Å². The summed E-state index contributed by atoms with van der Waals surface area (Å²) >= 11 is 1.13. The van der Waals surface area contributed by atoms with Crippen LogP contribution in [0.3, 0.4) is 0 Å². The summed E-state index contributed by atoms with van der Waals surface area (Å²) < 4.78 is 23.7. The van der Waals surface area contributed by atoms with Gasteiger partial charge >= 0.3 is 5.97 Å². The number of amides is 1. The number of carbonyl (C=O) groups is 2. The first-order valence-electron chi connectivity index (χ1n) is 9.10. The van der Waals surface area contributed by atoms with Gasteiger partial charge in [-0.1, -0.05) is 12.1 Å². The van der Waals surface area contributed by atoms with Crippen LogP contribution < -0.4 is 10.1 Å². The average molecular weight is 444 g/mol. The molecule has 3 rings (SSSR count). The lowest BCUT2D eigenvalue weighted by Gasteiger charge is -2.10. The zero-order valence-electron chi connectivity index (χ0n) is 16.3. The Morgan fingerprint density at radius 1 is 1.13 bits per heavy atom. The highest BCUT2D eigenvalue weighted by molar-refractivity contribution is 7.15. The molecular weight excluding hydrogens is 427 g/mol. The summed E-state index contributed by atoms with van der Waals surface area (Å²) in [5.74, 6) is -1.27. The Labute approximate surface area is 180 Å². The first kappa shape index (κ1) is 21.9. The molecule has 0 aliphatic carbocycles. The maximum Gasteiger partial charge on any atom is 0.341 e. The number of anilines is 1. The van der Waals surface area contributed by atoms with Crippen LogP contribution in [0.4, 0.5) is 15.1 Å². The Morgan fingerprint density at radius 3 is 2.42 bits per heavy atom. The molecule has 0 saturated carbocycles. The van der Waals surface area contributed by atoms with Crippen LogP contribution in [0.2, 0.25) is 0 Å². The van der Waals surface area contributed by atoms with Crippen LogP contribution in [-0.2, 0) is 9.53 Å².